The van der Waals surface area contributed by atoms with Crippen LogP contribution in [0.4, 0.5) is 0 Å². The molecule has 7 heteroatoms. The van der Waals surface area contributed by atoms with Crippen molar-refractivity contribution in [3.8, 4) is 0 Å². The van der Waals surface area contributed by atoms with Crippen molar-refractivity contribution >= 4 is 29.9 Å². The van der Waals surface area contributed by atoms with E-state index in [-0.39, 0.29) is 35.5 Å². The molecule has 2 aliphatic rings. The first-order valence-electron chi connectivity index (χ1n) is 11.3. The van der Waals surface area contributed by atoms with Crippen molar-refractivity contribution in [1.29, 1.82) is 0 Å². The van der Waals surface area contributed by atoms with Gasteiger partial charge in [0.1, 0.15) is 0 Å². The van der Waals surface area contributed by atoms with Crippen LogP contribution in [0.15, 0.2) is 4.99 Å². The Labute approximate surface area is 195 Å². The third-order valence-corrected chi connectivity index (χ3v) is 5.58. The van der Waals surface area contributed by atoms with E-state index in [0.29, 0.717) is 11.8 Å². The van der Waals surface area contributed by atoms with E-state index in [1.807, 2.05) is 0 Å². The Balaban J connectivity index is 0.00000420. The lowest BCUT2D eigenvalue weighted by Gasteiger charge is -2.39. The Kier molecular flexibility index (Phi) is 13.7. The smallest absolute Gasteiger partial charge is 0.191 e. The van der Waals surface area contributed by atoms with Gasteiger partial charge in [0.15, 0.2) is 5.96 Å². The van der Waals surface area contributed by atoms with Crippen molar-refractivity contribution in [3.05, 3.63) is 0 Å². The van der Waals surface area contributed by atoms with Gasteiger partial charge in [0, 0.05) is 58.6 Å². The van der Waals surface area contributed by atoms with Gasteiger partial charge in [-0.1, -0.05) is 20.8 Å². The molecule has 29 heavy (non-hydrogen) atoms. The molecular formula is C22H44IN3O3. The molecule has 2 fully saturated rings. The van der Waals surface area contributed by atoms with Crippen molar-refractivity contribution in [2.75, 3.05) is 52.7 Å². The lowest BCUT2D eigenvalue weighted by Crippen LogP contribution is -2.43. The monoisotopic (exact) mass is 525 g/mol. The number of halogens is 1. The minimum Gasteiger partial charge on any atom is -0.381 e. The summed E-state index contributed by atoms with van der Waals surface area (Å²) in [5.41, 5.74) is 0.161. The second-order valence-corrected chi connectivity index (χ2v) is 9.19. The summed E-state index contributed by atoms with van der Waals surface area (Å²) in [6.07, 6.45) is 5.88. The van der Waals surface area contributed by atoms with Crippen LogP contribution in [0, 0.1) is 17.3 Å². The first-order chi connectivity index (χ1) is 13.5. The Morgan fingerprint density at radius 2 is 1.86 bits per heavy atom. The quantitative estimate of drug-likeness (QED) is 0.207. The van der Waals surface area contributed by atoms with Gasteiger partial charge in [-0.25, -0.2) is 0 Å². The molecule has 6 nitrogen and oxygen atoms in total. The summed E-state index contributed by atoms with van der Waals surface area (Å²) in [4.78, 5) is 4.85. The molecule has 0 saturated carbocycles. The maximum atomic E-state index is 6.09. The average Bonchev–Trinajstić information content (AvgIpc) is 2.69. The van der Waals surface area contributed by atoms with E-state index in [9.17, 15) is 0 Å². The van der Waals surface area contributed by atoms with Crippen LogP contribution in [0.2, 0.25) is 0 Å². The van der Waals surface area contributed by atoms with Crippen LogP contribution in [0.25, 0.3) is 0 Å². The van der Waals surface area contributed by atoms with E-state index in [1.165, 1.54) is 6.42 Å². The van der Waals surface area contributed by atoms with Crippen molar-refractivity contribution in [1.82, 2.24) is 10.6 Å². The number of ether oxygens (including phenoxy) is 3. The lowest BCUT2D eigenvalue weighted by molar-refractivity contribution is -0.0823. The van der Waals surface area contributed by atoms with Crippen LogP contribution in [-0.2, 0) is 14.2 Å². The number of hydrogen-bond donors (Lipinski definition) is 2. The van der Waals surface area contributed by atoms with Gasteiger partial charge in [0.25, 0.3) is 0 Å². The Hall–Kier alpha value is -0.120. The summed E-state index contributed by atoms with van der Waals surface area (Å²) >= 11 is 0. The third-order valence-electron chi connectivity index (χ3n) is 5.58. The van der Waals surface area contributed by atoms with Crippen LogP contribution in [0.1, 0.15) is 59.8 Å². The molecule has 0 spiro atoms. The highest BCUT2D eigenvalue weighted by Gasteiger charge is 2.35. The van der Waals surface area contributed by atoms with Crippen LogP contribution in [0.3, 0.4) is 0 Å². The molecule has 2 atom stereocenters. The van der Waals surface area contributed by atoms with Gasteiger partial charge >= 0.3 is 0 Å². The van der Waals surface area contributed by atoms with E-state index in [4.69, 9.17) is 19.2 Å². The average molecular weight is 526 g/mol. The van der Waals surface area contributed by atoms with Crippen molar-refractivity contribution < 1.29 is 14.2 Å². The maximum Gasteiger partial charge on any atom is 0.191 e. The van der Waals surface area contributed by atoms with Gasteiger partial charge in [-0.3, -0.25) is 4.99 Å². The van der Waals surface area contributed by atoms with Crippen LogP contribution in [0.5, 0.6) is 0 Å². The molecule has 0 aromatic heterocycles. The largest absolute Gasteiger partial charge is 0.381 e. The zero-order valence-electron chi connectivity index (χ0n) is 19.0. The molecular weight excluding hydrogens is 481 g/mol. The highest BCUT2D eigenvalue weighted by molar-refractivity contribution is 14.0. The van der Waals surface area contributed by atoms with E-state index < -0.39 is 0 Å². The zero-order chi connectivity index (χ0) is 20.2. The van der Waals surface area contributed by atoms with Gasteiger partial charge in [-0.15, -0.1) is 24.0 Å². The first kappa shape index (κ1) is 26.9. The van der Waals surface area contributed by atoms with Gasteiger partial charge in [0.05, 0.1) is 6.10 Å². The normalized spacial score (nSPS) is 24.1. The topological polar surface area (TPSA) is 64.1 Å². The molecule has 2 N–H and O–H groups in total. The minimum absolute atomic E-state index is 0. The van der Waals surface area contributed by atoms with Crippen LogP contribution < -0.4 is 10.6 Å². The summed E-state index contributed by atoms with van der Waals surface area (Å²) in [6, 6.07) is 0. The molecule has 2 rings (SSSR count). The summed E-state index contributed by atoms with van der Waals surface area (Å²) in [5, 5.41) is 6.81. The van der Waals surface area contributed by atoms with Gasteiger partial charge in [-0.2, -0.15) is 0 Å². The maximum absolute atomic E-state index is 6.09. The number of rotatable bonds is 9. The Bertz CT molecular complexity index is 451. The molecule has 172 valence electrons. The van der Waals surface area contributed by atoms with Crippen LogP contribution in [-0.4, -0.2) is 64.7 Å². The van der Waals surface area contributed by atoms with Crippen molar-refractivity contribution in [3.63, 3.8) is 0 Å². The SMILES string of the molecule is CCNC(=NCC1CCCOC1C(C)(C)C)NCCCOCC1CCOCC1.I. The highest BCUT2D eigenvalue weighted by atomic mass is 127. The van der Waals surface area contributed by atoms with E-state index in [1.54, 1.807) is 0 Å². The van der Waals surface area contributed by atoms with Crippen molar-refractivity contribution in [2.24, 2.45) is 22.2 Å². The molecule has 0 aromatic rings. The van der Waals surface area contributed by atoms with Crippen molar-refractivity contribution in [2.45, 2.75) is 65.9 Å². The molecule has 2 heterocycles. The van der Waals surface area contributed by atoms with E-state index in [2.05, 4.69) is 38.3 Å². The molecule has 0 amide bonds. The summed E-state index contributed by atoms with van der Waals surface area (Å²) in [7, 11) is 0. The number of aliphatic imine (C=N–C) groups is 1. The third kappa shape index (κ3) is 10.6. The number of guanidine groups is 1. The number of nitrogens with zero attached hydrogens (tertiary/aromatic N) is 1. The molecule has 0 aliphatic carbocycles. The summed E-state index contributed by atoms with van der Waals surface area (Å²) in [6.45, 7) is 15.8. The first-order valence-corrected chi connectivity index (χ1v) is 11.3. The van der Waals surface area contributed by atoms with Gasteiger partial charge < -0.3 is 24.8 Å². The standard InChI is InChI=1S/C22H43N3O3.HI/c1-5-23-21(24-11-7-12-27-17-18-9-14-26-15-10-18)25-16-19-8-6-13-28-20(19)22(2,3)4;/h18-20H,5-17H2,1-4H3,(H2,23,24,25);1H. The van der Waals surface area contributed by atoms with E-state index >= 15 is 0 Å². The molecule has 2 saturated heterocycles. The fourth-order valence-electron chi connectivity index (χ4n) is 4.08. The number of hydrogen-bond acceptors (Lipinski definition) is 4. The second-order valence-electron chi connectivity index (χ2n) is 9.19. The zero-order valence-corrected chi connectivity index (χ0v) is 21.3. The van der Waals surface area contributed by atoms with Gasteiger partial charge in [-0.05, 0) is 50.4 Å². The minimum atomic E-state index is 0. The summed E-state index contributed by atoms with van der Waals surface area (Å²) in [5.74, 6) is 2.08. The van der Waals surface area contributed by atoms with Crippen LogP contribution >= 0.6 is 24.0 Å². The molecule has 2 unspecified atom stereocenters. The second kappa shape index (κ2) is 14.8. The Morgan fingerprint density at radius 1 is 1.10 bits per heavy atom. The van der Waals surface area contributed by atoms with Gasteiger partial charge in [0.2, 0.25) is 0 Å². The lowest BCUT2D eigenvalue weighted by atomic mass is 9.78. The number of nitrogens with one attached hydrogen (secondary N) is 2. The fraction of sp³-hybridized carbons (Fsp3) is 0.955. The molecule has 0 aromatic carbocycles. The molecule has 0 bridgehead atoms. The van der Waals surface area contributed by atoms with E-state index in [0.717, 1.165) is 84.3 Å². The predicted molar refractivity (Wildman–Crippen MR) is 130 cm³/mol. The molecule has 2 aliphatic heterocycles. The fourth-order valence-corrected chi connectivity index (χ4v) is 4.08. The Morgan fingerprint density at radius 3 is 2.55 bits per heavy atom. The highest BCUT2D eigenvalue weighted by Crippen LogP contribution is 2.34. The summed E-state index contributed by atoms with van der Waals surface area (Å²) < 4.78 is 17.3. The predicted octanol–water partition coefficient (Wildman–Crippen LogP) is 3.83. The molecule has 0 radical (unpaired) electrons.